The van der Waals surface area contributed by atoms with Crippen molar-refractivity contribution in [1.82, 2.24) is 49.2 Å². The number of aromatic nitrogens is 9. The lowest BCUT2D eigenvalue weighted by molar-refractivity contribution is -0.0458. The predicted octanol–water partition coefficient (Wildman–Crippen LogP) is 4.67. The van der Waals surface area contributed by atoms with E-state index in [0.29, 0.717) is 60.1 Å². The Kier molecular flexibility index (Phi) is 9.33. The van der Waals surface area contributed by atoms with Crippen molar-refractivity contribution in [3.63, 3.8) is 0 Å². The van der Waals surface area contributed by atoms with Crippen LogP contribution in [-0.2, 0) is 24.9 Å². The second-order valence-electron chi connectivity index (χ2n) is 13.7. The molecule has 2 bridgehead atoms. The number of benzene rings is 1. The van der Waals surface area contributed by atoms with E-state index in [0.717, 1.165) is 55.7 Å². The fourth-order valence-corrected chi connectivity index (χ4v) is 7.72. The highest BCUT2D eigenvalue weighted by atomic mass is 16.5. The molecule has 1 saturated carbocycles. The molecule has 3 atom stereocenters. The summed E-state index contributed by atoms with van der Waals surface area (Å²) in [5.41, 5.74) is 3.70. The Balaban J connectivity index is 0.969. The highest BCUT2D eigenvalue weighted by molar-refractivity contribution is 5.67. The van der Waals surface area contributed by atoms with Crippen molar-refractivity contribution in [2.24, 2.45) is 7.05 Å². The number of nitrogens with one attached hydrogen (secondary N) is 1. The molecule has 15 heteroatoms. The Morgan fingerprint density at radius 1 is 0.980 bits per heavy atom. The largest absolute Gasteiger partial charge is 0.487 e. The number of hydrogen-bond acceptors (Lipinski definition) is 12. The van der Waals surface area contributed by atoms with Gasteiger partial charge in [-0.05, 0) is 69.2 Å². The summed E-state index contributed by atoms with van der Waals surface area (Å²) in [5, 5.41) is 26.4. The summed E-state index contributed by atoms with van der Waals surface area (Å²) in [4.78, 5) is 16.0. The van der Waals surface area contributed by atoms with Crippen LogP contribution in [0.1, 0.15) is 62.7 Å². The van der Waals surface area contributed by atoms with E-state index in [1.165, 1.54) is 19.2 Å². The minimum Gasteiger partial charge on any atom is -0.487 e. The van der Waals surface area contributed by atoms with E-state index in [2.05, 4.69) is 46.1 Å². The fraction of sp³-hybridized carbons (Fsp3) is 0.472. The zero-order chi connectivity index (χ0) is 34.7. The Morgan fingerprint density at radius 2 is 1.75 bits per heavy atom. The van der Waals surface area contributed by atoms with Crippen LogP contribution < -0.4 is 14.8 Å². The molecule has 4 aromatic heterocycles. The predicted molar refractivity (Wildman–Crippen MR) is 186 cm³/mol. The summed E-state index contributed by atoms with van der Waals surface area (Å²) in [6.45, 7) is 4.50. The van der Waals surface area contributed by atoms with Crippen LogP contribution in [0.15, 0.2) is 61.7 Å². The first-order valence-electron chi connectivity index (χ1n) is 17.7. The zero-order valence-corrected chi connectivity index (χ0v) is 28.9. The first-order chi connectivity index (χ1) is 25.0. The summed E-state index contributed by atoms with van der Waals surface area (Å²) in [6, 6.07) is 11.7. The average molecular weight is 691 g/mol. The number of hydrogen-bond donors (Lipinski definition) is 1. The second-order valence-corrected chi connectivity index (χ2v) is 13.7. The van der Waals surface area contributed by atoms with Crippen molar-refractivity contribution in [2.45, 2.75) is 88.9 Å². The molecule has 51 heavy (non-hydrogen) atoms. The lowest BCUT2D eigenvalue weighted by atomic mass is 9.89. The van der Waals surface area contributed by atoms with Gasteiger partial charge in [0, 0.05) is 49.3 Å². The van der Waals surface area contributed by atoms with Gasteiger partial charge in [-0.2, -0.15) is 15.5 Å². The molecule has 2 saturated heterocycles. The molecule has 1 aliphatic carbocycles. The SMILES string of the molecule is C[C@@H](Cn1cncn1)Oc1cc(-c2cnc(Nc3cn([C@H]4CC[C@H](N5[C@@H]6CC[C@H]5COC6)CC4)nc3OCc3ccnn3C)nc2)ccc1C#N. The summed E-state index contributed by atoms with van der Waals surface area (Å²) in [6.07, 6.45) is 17.1. The Bertz CT molecular complexity index is 1940. The van der Waals surface area contributed by atoms with Gasteiger partial charge in [0.2, 0.25) is 5.95 Å². The van der Waals surface area contributed by atoms with Crippen LogP contribution in [0.3, 0.4) is 0 Å². The number of morpholine rings is 1. The Morgan fingerprint density at radius 3 is 2.45 bits per heavy atom. The van der Waals surface area contributed by atoms with Crippen LogP contribution in [0.4, 0.5) is 11.6 Å². The molecule has 0 radical (unpaired) electrons. The standard InChI is InChI=1S/C36H42N12O3/c1-24(17-46-23-38-22-42-46)51-34-13-25(3-4-26(34)14-37)27-15-39-36(40-16-27)43-33-18-47(44-35(33)50-21-30-11-12-41-45(30)2)28-5-7-29(8-6-28)48-31-9-10-32(48)20-49-19-31/h3-4,11-13,15-16,18,22-24,28-29,31-32H,5-10,17,19-21H2,1-2H3,(H,39,40,43)/t24-,28-,29-,31-,32+/m0/s1. The van der Waals surface area contributed by atoms with Crippen LogP contribution in [0.2, 0.25) is 0 Å². The van der Waals surface area contributed by atoms with E-state index in [9.17, 15) is 5.26 Å². The molecule has 2 aliphatic heterocycles. The molecule has 5 aromatic rings. The minimum atomic E-state index is -0.234. The quantitative estimate of drug-likeness (QED) is 0.193. The molecule has 3 fully saturated rings. The number of aryl methyl sites for hydroxylation is 1. The molecule has 15 nitrogen and oxygen atoms in total. The van der Waals surface area contributed by atoms with Crippen molar-refractivity contribution >= 4 is 11.6 Å². The van der Waals surface area contributed by atoms with E-state index in [1.54, 1.807) is 40.3 Å². The third kappa shape index (κ3) is 7.15. The van der Waals surface area contributed by atoms with E-state index in [-0.39, 0.29) is 12.1 Å². The van der Waals surface area contributed by atoms with Gasteiger partial charge in [0.15, 0.2) is 0 Å². The average Bonchev–Trinajstić information content (AvgIpc) is 3.95. The van der Waals surface area contributed by atoms with Gasteiger partial charge in [0.05, 0.1) is 43.3 Å². The fourth-order valence-electron chi connectivity index (χ4n) is 7.72. The molecule has 0 unspecified atom stereocenters. The van der Waals surface area contributed by atoms with Crippen LogP contribution in [-0.4, -0.2) is 86.6 Å². The molecule has 0 spiro atoms. The number of ether oxygens (including phenoxy) is 3. The summed E-state index contributed by atoms with van der Waals surface area (Å²) >= 11 is 0. The molecule has 6 heterocycles. The van der Waals surface area contributed by atoms with E-state index in [4.69, 9.17) is 19.3 Å². The van der Waals surface area contributed by atoms with E-state index >= 15 is 0 Å². The van der Waals surface area contributed by atoms with Crippen LogP contribution in [0, 0.1) is 11.3 Å². The maximum absolute atomic E-state index is 9.71. The third-order valence-corrected chi connectivity index (χ3v) is 10.3. The molecule has 1 aromatic carbocycles. The van der Waals surface area contributed by atoms with Gasteiger partial charge in [0.1, 0.15) is 42.9 Å². The zero-order valence-electron chi connectivity index (χ0n) is 28.9. The van der Waals surface area contributed by atoms with E-state index in [1.807, 2.05) is 38.4 Å². The first-order valence-corrected chi connectivity index (χ1v) is 17.7. The summed E-state index contributed by atoms with van der Waals surface area (Å²) < 4.78 is 23.8. The number of anilines is 2. The number of fused-ring (bicyclic) bond motifs is 2. The molecular formula is C36H42N12O3. The van der Waals surface area contributed by atoms with Gasteiger partial charge < -0.3 is 19.5 Å². The molecule has 1 N–H and O–H groups in total. The maximum Gasteiger partial charge on any atom is 0.257 e. The Hall–Kier alpha value is -5.33. The highest BCUT2D eigenvalue weighted by Crippen LogP contribution is 2.39. The van der Waals surface area contributed by atoms with Gasteiger partial charge in [-0.3, -0.25) is 14.3 Å². The minimum absolute atomic E-state index is 0.234. The smallest absolute Gasteiger partial charge is 0.257 e. The topological polar surface area (TPSA) is 159 Å². The van der Waals surface area contributed by atoms with Crippen molar-refractivity contribution in [3.05, 3.63) is 73.0 Å². The van der Waals surface area contributed by atoms with Gasteiger partial charge in [0.25, 0.3) is 5.88 Å². The van der Waals surface area contributed by atoms with E-state index < -0.39 is 0 Å². The van der Waals surface area contributed by atoms with Crippen molar-refractivity contribution in [2.75, 3.05) is 18.5 Å². The first kappa shape index (κ1) is 32.9. The van der Waals surface area contributed by atoms with Crippen LogP contribution in [0.5, 0.6) is 11.6 Å². The summed E-state index contributed by atoms with van der Waals surface area (Å²) in [5.74, 6) is 1.40. The maximum atomic E-state index is 9.71. The number of rotatable bonds is 12. The van der Waals surface area contributed by atoms with Crippen molar-refractivity contribution in [3.8, 4) is 28.8 Å². The lowest BCUT2D eigenvalue weighted by Crippen LogP contribution is -2.52. The highest BCUT2D eigenvalue weighted by Gasteiger charge is 2.42. The molecular weight excluding hydrogens is 648 g/mol. The van der Waals surface area contributed by atoms with Gasteiger partial charge in [-0.15, -0.1) is 5.10 Å². The normalized spacial score (nSPS) is 22.4. The van der Waals surface area contributed by atoms with Gasteiger partial charge in [-0.1, -0.05) is 6.07 Å². The number of nitrogens with zero attached hydrogens (tertiary/aromatic N) is 11. The molecule has 0 amide bonds. The summed E-state index contributed by atoms with van der Waals surface area (Å²) in [7, 11) is 1.90. The van der Waals surface area contributed by atoms with Gasteiger partial charge >= 0.3 is 0 Å². The molecule has 8 rings (SSSR count). The third-order valence-electron chi connectivity index (χ3n) is 10.3. The van der Waals surface area contributed by atoms with Crippen molar-refractivity contribution < 1.29 is 14.2 Å². The number of nitriles is 1. The van der Waals surface area contributed by atoms with Crippen molar-refractivity contribution in [1.29, 1.82) is 5.26 Å². The van der Waals surface area contributed by atoms with Crippen LogP contribution in [0.25, 0.3) is 11.1 Å². The Labute approximate surface area is 296 Å². The lowest BCUT2D eigenvalue weighted by Gasteiger charge is -2.43. The van der Waals surface area contributed by atoms with Crippen LogP contribution >= 0.6 is 0 Å². The molecule has 264 valence electrons. The monoisotopic (exact) mass is 690 g/mol. The second kappa shape index (κ2) is 14.5. The molecule has 3 aliphatic rings. The van der Waals surface area contributed by atoms with Gasteiger partial charge in [-0.25, -0.2) is 19.6 Å².